The highest BCUT2D eigenvalue weighted by atomic mass is 19.4. The summed E-state index contributed by atoms with van der Waals surface area (Å²) in [5.74, 6) is -1.42. The zero-order chi connectivity index (χ0) is 14.0. The zero-order valence-corrected chi connectivity index (χ0v) is 9.48. The van der Waals surface area contributed by atoms with Gasteiger partial charge in [0.15, 0.2) is 0 Å². The van der Waals surface area contributed by atoms with E-state index in [1.807, 2.05) is 0 Å². The van der Waals surface area contributed by atoms with Crippen molar-refractivity contribution in [3.8, 4) is 11.1 Å². The number of carbonyl (C=O) groups is 1. The Bertz CT molecular complexity index is 609. The summed E-state index contributed by atoms with van der Waals surface area (Å²) in [7, 11) is 0. The van der Waals surface area contributed by atoms with Crippen molar-refractivity contribution < 1.29 is 23.1 Å². The molecule has 0 aliphatic carbocycles. The number of alkyl halides is 3. The van der Waals surface area contributed by atoms with Crippen LogP contribution >= 0.6 is 0 Å². The highest BCUT2D eigenvalue weighted by Crippen LogP contribution is 2.31. The van der Waals surface area contributed by atoms with Gasteiger partial charge in [0.25, 0.3) is 0 Å². The standard InChI is InChI=1S/C13H8F3NO2/c14-13(15,16)11-6-9(12(18)19)10(7-17-11)8-4-2-1-3-5-8/h1-7H,(H,18,19). The molecule has 0 unspecified atom stereocenters. The normalized spacial score (nSPS) is 11.3. The molecule has 1 N–H and O–H groups in total. The molecule has 0 saturated carbocycles. The summed E-state index contributed by atoms with van der Waals surface area (Å²) in [6.45, 7) is 0. The number of hydrogen-bond donors (Lipinski definition) is 1. The third kappa shape index (κ3) is 2.73. The summed E-state index contributed by atoms with van der Waals surface area (Å²) in [6.07, 6.45) is -3.74. The Hall–Kier alpha value is -2.37. The van der Waals surface area contributed by atoms with Gasteiger partial charge in [-0.05, 0) is 11.6 Å². The van der Waals surface area contributed by atoms with Gasteiger partial charge in [-0.2, -0.15) is 13.2 Å². The molecule has 0 spiro atoms. The van der Waals surface area contributed by atoms with E-state index in [0.717, 1.165) is 6.20 Å². The maximum atomic E-state index is 12.5. The van der Waals surface area contributed by atoms with Crippen LogP contribution in [0.4, 0.5) is 13.2 Å². The van der Waals surface area contributed by atoms with E-state index in [1.54, 1.807) is 30.3 Å². The van der Waals surface area contributed by atoms with E-state index >= 15 is 0 Å². The lowest BCUT2D eigenvalue weighted by Crippen LogP contribution is -2.11. The van der Waals surface area contributed by atoms with Crippen LogP contribution in [0.3, 0.4) is 0 Å². The molecule has 1 aromatic carbocycles. The van der Waals surface area contributed by atoms with E-state index in [4.69, 9.17) is 5.11 Å². The highest BCUT2D eigenvalue weighted by Gasteiger charge is 2.33. The molecular formula is C13H8F3NO2. The number of rotatable bonds is 2. The fourth-order valence-corrected chi connectivity index (χ4v) is 1.64. The quantitative estimate of drug-likeness (QED) is 0.906. The molecule has 0 bridgehead atoms. The molecule has 19 heavy (non-hydrogen) atoms. The number of aromatic nitrogens is 1. The van der Waals surface area contributed by atoms with Gasteiger partial charge in [-0.1, -0.05) is 30.3 Å². The number of halogens is 3. The molecule has 0 aliphatic rings. The van der Waals surface area contributed by atoms with Gasteiger partial charge < -0.3 is 5.11 Å². The monoisotopic (exact) mass is 267 g/mol. The van der Waals surface area contributed by atoms with Crippen molar-refractivity contribution in [2.24, 2.45) is 0 Å². The Balaban J connectivity index is 2.61. The Morgan fingerprint density at radius 3 is 2.32 bits per heavy atom. The minimum Gasteiger partial charge on any atom is -0.478 e. The first-order chi connectivity index (χ1) is 8.89. The molecule has 0 atom stereocenters. The topological polar surface area (TPSA) is 50.2 Å². The molecule has 2 aromatic rings. The van der Waals surface area contributed by atoms with E-state index in [-0.39, 0.29) is 5.56 Å². The number of nitrogens with zero attached hydrogens (tertiary/aromatic N) is 1. The van der Waals surface area contributed by atoms with Gasteiger partial charge in [0.2, 0.25) is 0 Å². The largest absolute Gasteiger partial charge is 0.478 e. The molecular weight excluding hydrogens is 259 g/mol. The Labute approximate surface area is 106 Å². The minimum atomic E-state index is -4.67. The van der Waals surface area contributed by atoms with Crippen LogP contribution in [-0.2, 0) is 6.18 Å². The van der Waals surface area contributed by atoms with Crippen LogP contribution in [0, 0.1) is 0 Å². The van der Waals surface area contributed by atoms with E-state index in [2.05, 4.69) is 4.98 Å². The molecule has 3 nitrogen and oxygen atoms in total. The number of carboxylic acids is 1. The summed E-state index contributed by atoms with van der Waals surface area (Å²) in [5.41, 5.74) is -0.986. The van der Waals surface area contributed by atoms with Crippen LogP contribution in [0.15, 0.2) is 42.6 Å². The van der Waals surface area contributed by atoms with Gasteiger partial charge in [-0.25, -0.2) is 4.79 Å². The average molecular weight is 267 g/mol. The zero-order valence-electron chi connectivity index (χ0n) is 9.48. The maximum Gasteiger partial charge on any atom is 0.433 e. The molecule has 0 aliphatic heterocycles. The van der Waals surface area contributed by atoms with Crippen LogP contribution in [0.2, 0.25) is 0 Å². The molecule has 1 aromatic heterocycles. The maximum absolute atomic E-state index is 12.5. The Morgan fingerprint density at radius 1 is 1.16 bits per heavy atom. The molecule has 1 heterocycles. The fraction of sp³-hybridized carbons (Fsp3) is 0.0769. The van der Waals surface area contributed by atoms with Crippen molar-refractivity contribution in [2.75, 3.05) is 0 Å². The number of benzene rings is 1. The summed E-state index contributed by atoms with van der Waals surface area (Å²) < 4.78 is 37.5. The van der Waals surface area contributed by atoms with E-state index in [9.17, 15) is 18.0 Å². The van der Waals surface area contributed by atoms with Crippen LogP contribution in [-0.4, -0.2) is 16.1 Å². The first-order valence-corrected chi connectivity index (χ1v) is 5.25. The predicted octanol–water partition coefficient (Wildman–Crippen LogP) is 3.47. The second-order valence-electron chi connectivity index (χ2n) is 3.78. The van der Waals surface area contributed by atoms with Crippen molar-refractivity contribution in [2.45, 2.75) is 6.18 Å². The summed E-state index contributed by atoms with van der Waals surface area (Å²) in [5, 5.41) is 9.02. The number of hydrogen-bond acceptors (Lipinski definition) is 2. The molecule has 0 radical (unpaired) electrons. The second kappa shape index (κ2) is 4.72. The van der Waals surface area contributed by atoms with Crippen molar-refractivity contribution in [1.29, 1.82) is 0 Å². The molecule has 98 valence electrons. The van der Waals surface area contributed by atoms with E-state index in [0.29, 0.717) is 11.6 Å². The van der Waals surface area contributed by atoms with E-state index < -0.39 is 23.4 Å². The Morgan fingerprint density at radius 2 is 1.79 bits per heavy atom. The highest BCUT2D eigenvalue weighted by molar-refractivity contribution is 5.95. The van der Waals surface area contributed by atoms with Crippen molar-refractivity contribution in [3.63, 3.8) is 0 Å². The van der Waals surface area contributed by atoms with Crippen molar-refractivity contribution in [3.05, 3.63) is 53.9 Å². The van der Waals surface area contributed by atoms with Gasteiger partial charge in [0, 0.05) is 11.8 Å². The van der Waals surface area contributed by atoms with Gasteiger partial charge in [-0.15, -0.1) is 0 Å². The molecule has 0 fully saturated rings. The third-order valence-electron chi connectivity index (χ3n) is 2.51. The number of aromatic carboxylic acids is 1. The van der Waals surface area contributed by atoms with Gasteiger partial charge in [-0.3, -0.25) is 4.98 Å². The van der Waals surface area contributed by atoms with Gasteiger partial charge in [0.1, 0.15) is 5.69 Å². The lowest BCUT2D eigenvalue weighted by molar-refractivity contribution is -0.141. The first-order valence-electron chi connectivity index (χ1n) is 5.25. The molecule has 6 heteroatoms. The number of pyridine rings is 1. The van der Waals surface area contributed by atoms with E-state index in [1.165, 1.54) is 0 Å². The molecule has 0 amide bonds. The molecule has 2 rings (SSSR count). The lowest BCUT2D eigenvalue weighted by atomic mass is 10.0. The predicted molar refractivity (Wildman–Crippen MR) is 61.6 cm³/mol. The SMILES string of the molecule is O=C(O)c1cc(C(F)(F)F)ncc1-c1ccccc1. The third-order valence-corrected chi connectivity index (χ3v) is 2.51. The average Bonchev–Trinajstić information content (AvgIpc) is 2.38. The van der Waals surface area contributed by atoms with Crippen LogP contribution in [0.1, 0.15) is 16.1 Å². The lowest BCUT2D eigenvalue weighted by Gasteiger charge is -2.10. The minimum absolute atomic E-state index is 0.154. The van der Waals surface area contributed by atoms with Crippen molar-refractivity contribution >= 4 is 5.97 Å². The fourth-order valence-electron chi connectivity index (χ4n) is 1.64. The first kappa shape index (κ1) is 13.1. The smallest absolute Gasteiger partial charge is 0.433 e. The summed E-state index contributed by atoms with van der Waals surface area (Å²) in [4.78, 5) is 14.4. The van der Waals surface area contributed by atoms with Crippen LogP contribution in [0.5, 0.6) is 0 Å². The van der Waals surface area contributed by atoms with Crippen LogP contribution < -0.4 is 0 Å². The number of carboxylic acid groups (broad SMARTS) is 1. The second-order valence-corrected chi connectivity index (χ2v) is 3.78. The van der Waals surface area contributed by atoms with Gasteiger partial charge in [0.05, 0.1) is 5.56 Å². The Kier molecular flexibility index (Phi) is 3.25. The summed E-state index contributed by atoms with van der Waals surface area (Å²) in [6, 6.07) is 8.82. The molecule has 0 saturated heterocycles. The van der Waals surface area contributed by atoms with Crippen LogP contribution in [0.25, 0.3) is 11.1 Å². The van der Waals surface area contributed by atoms with Crippen molar-refractivity contribution in [1.82, 2.24) is 4.98 Å². The van der Waals surface area contributed by atoms with Gasteiger partial charge >= 0.3 is 12.1 Å². The summed E-state index contributed by atoms with van der Waals surface area (Å²) >= 11 is 0.